The van der Waals surface area contributed by atoms with Gasteiger partial charge in [0.1, 0.15) is 0 Å². The van der Waals surface area contributed by atoms with E-state index in [0.29, 0.717) is 11.5 Å². The van der Waals surface area contributed by atoms with Gasteiger partial charge in [0.15, 0.2) is 11.5 Å². The summed E-state index contributed by atoms with van der Waals surface area (Å²) in [6.07, 6.45) is 0.0559. The molecule has 0 saturated carbocycles. The average molecular weight is 226 g/mol. The number of rotatable bonds is 6. The summed E-state index contributed by atoms with van der Waals surface area (Å²) in [5, 5.41) is 0. The lowest BCUT2D eigenvalue weighted by molar-refractivity contribution is -0.237. The van der Waals surface area contributed by atoms with Gasteiger partial charge in [0.05, 0.1) is 12.2 Å². The van der Waals surface area contributed by atoms with E-state index in [-0.39, 0.29) is 12.2 Å². The summed E-state index contributed by atoms with van der Waals surface area (Å²) in [4.78, 5) is 20.1. The average Bonchev–Trinajstić information content (AvgIpc) is 2.25. The third-order valence-corrected chi connectivity index (χ3v) is 1.50. The minimum Gasteiger partial charge on any atom is -0.337 e. The second-order valence-corrected chi connectivity index (χ2v) is 3.93. The Morgan fingerprint density at radius 2 is 1.00 bits per heavy atom. The summed E-state index contributed by atoms with van der Waals surface area (Å²) in [7, 11) is 0. The predicted octanol–water partition coefficient (Wildman–Crippen LogP) is 3.12. The van der Waals surface area contributed by atoms with Crippen LogP contribution in [0.1, 0.15) is 27.7 Å². The van der Waals surface area contributed by atoms with E-state index in [9.17, 15) is 0 Å². The van der Waals surface area contributed by atoms with Gasteiger partial charge in [-0.1, -0.05) is 0 Å². The quantitative estimate of drug-likeness (QED) is 0.551. The van der Waals surface area contributed by atoms with Gasteiger partial charge in [-0.15, -0.1) is 0 Å². The third-order valence-electron chi connectivity index (χ3n) is 1.50. The van der Waals surface area contributed by atoms with Gasteiger partial charge in [-0.2, -0.15) is 9.78 Å². The van der Waals surface area contributed by atoms with Gasteiger partial charge in [-0.25, -0.2) is 0 Å². The molecule has 0 aliphatic heterocycles. The lowest BCUT2D eigenvalue weighted by atomic mass is 10.3. The predicted molar refractivity (Wildman–Crippen MR) is 60.1 cm³/mol. The molecule has 0 fully saturated rings. The summed E-state index contributed by atoms with van der Waals surface area (Å²) in [5.41, 5.74) is 0. The van der Waals surface area contributed by atoms with Gasteiger partial charge in [-0.05, 0) is 52.0 Å². The first-order chi connectivity index (χ1) is 7.58. The first kappa shape index (κ1) is 12.8. The molecule has 1 aromatic rings. The molecule has 0 N–H and O–H groups in total. The van der Waals surface area contributed by atoms with E-state index in [1.807, 2.05) is 27.7 Å². The fraction of sp³-hybridized carbons (Fsp3) is 0.500. The molecule has 0 radical (unpaired) electrons. The molecule has 16 heavy (non-hydrogen) atoms. The Hall–Kier alpha value is -1.26. The van der Waals surface area contributed by atoms with Crippen LogP contribution in [0.15, 0.2) is 24.3 Å². The van der Waals surface area contributed by atoms with Gasteiger partial charge in [-0.3, -0.25) is 0 Å². The number of benzene rings is 1. The van der Waals surface area contributed by atoms with Crippen molar-refractivity contribution in [1.29, 1.82) is 0 Å². The fourth-order valence-electron chi connectivity index (χ4n) is 0.854. The molecular weight excluding hydrogens is 208 g/mol. The monoisotopic (exact) mass is 226 g/mol. The van der Waals surface area contributed by atoms with Crippen LogP contribution in [0, 0.1) is 0 Å². The van der Waals surface area contributed by atoms with Crippen LogP contribution < -0.4 is 9.78 Å². The Balaban J connectivity index is 2.41. The molecule has 0 aliphatic rings. The Kier molecular flexibility index (Phi) is 5.08. The van der Waals surface area contributed by atoms with E-state index in [1.54, 1.807) is 24.3 Å². The van der Waals surface area contributed by atoms with Crippen LogP contribution in [-0.4, -0.2) is 12.2 Å². The smallest absolute Gasteiger partial charge is 0.165 e. The van der Waals surface area contributed by atoms with Crippen LogP contribution in [0.5, 0.6) is 11.5 Å². The summed E-state index contributed by atoms with van der Waals surface area (Å²) in [6, 6.07) is 7.01. The van der Waals surface area contributed by atoms with Gasteiger partial charge < -0.3 is 9.78 Å². The van der Waals surface area contributed by atoms with E-state index in [2.05, 4.69) is 0 Å². The molecule has 0 saturated heterocycles. The lowest BCUT2D eigenvalue weighted by Crippen LogP contribution is -2.07. The van der Waals surface area contributed by atoms with Gasteiger partial charge in [0.25, 0.3) is 0 Å². The van der Waals surface area contributed by atoms with E-state index in [1.165, 1.54) is 0 Å². The molecule has 0 unspecified atom stereocenters. The topological polar surface area (TPSA) is 36.9 Å². The van der Waals surface area contributed by atoms with E-state index >= 15 is 0 Å². The molecule has 0 bridgehead atoms. The molecule has 1 rings (SSSR count). The van der Waals surface area contributed by atoms with Crippen LogP contribution in [0.4, 0.5) is 0 Å². The van der Waals surface area contributed by atoms with E-state index in [4.69, 9.17) is 19.6 Å². The van der Waals surface area contributed by atoms with Crippen LogP contribution in [0.25, 0.3) is 0 Å². The maximum atomic E-state index is 5.05. The lowest BCUT2D eigenvalue weighted by Gasteiger charge is -2.09. The molecule has 4 heteroatoms. The highest BCUT2D eigenvalue weighted by Gasteiger charge is 2.01. The van der Waals surface area contributed by atoms with Crippen LogP contribution >= 0.6 is 0 Å². The van der Waals surface area contributed by atoms with Crippen molar-refractivity contribution in [3.63, 3.8) is 0 Å². The largest absolute Gasteiger partial charge is 0.337 e. The zero-order chi connectivity index (χ0) is 12.0. The Morgan fingerprint density at radius 1 is 0.688 bits per heavy atom. The zero-order valence-electron chi connectivity index (χ0n) is 10.1. The minimum atomic E-state index is 0.0280. The summed E-state index contributed by atoms with van der Waals surface area (Å²) < 4.78 is 0. The summed E-state index contributed by atoms with van der Waals surface area (Å²) >= 11 is 0. The van der Waals surface area contributed by atoms with Gasteiger partial charge in [0, 0.05) is 0 Å². The van der Waals surface area contributed by atoms with Crippen molar-refractivity contribution in [2.45, 2.75) is 39.9 Å². The second kappa shape index (κ2) is 6.35. The minimum absolute atomic E-state index is 0.0280. The summed E-state index contributed by atoms with van der Waals surface area (Å²) in [5.74, 6) is 1.26. The van der Waals surface area contributed by atoms with Crippen molar-refractivity contribution in [1.82, 2.24) is 0 Å². The molecule has 0 aliphatic carbocycles. The molecule has 0 heterocycles. The van der Waals surface area contributed by atoms with Crippen LogP contribution in [0.2, 0.25) is 0 Å². The molecule has 90 valence electrons. The highest BCUT2D eigenvalue weighted by atomic mass is 17.2. The molecular formula is C12H18O4. The Morgan fingerprint density at radius 3 is 1.25 bits per heavy atom. The number of hydrogen-bond acceptors (Lipinski definition) is 4. The zero-order valence-corrected chi connectivity index (χ0v) is 10.1. The Labute approximate surface area is 95.9 Å². The van der Waals surface area contributed by atoms with Crippen molar-refractivity contribution in [2.24, 2.45) is 0 Å². The molecule has 4 nitrogen and oxygen atoms in total. The van der Waals surface area contributed by atoms with E-state index in [0.717, 1.165) is 0 Å². The fourth-order valence-corrected chi connectivity index (χ4v) is 0.854. The Bertz CT molecular complexity index is 261. The maximum Gasteiger partial charge on any atom is 0.165 e. The maximum absolute atomic E-state index is 5.05. The summed E-state index contributed by atoms with van der Waals surface area (Å²) in [6.45, 7) is 7.59. The highest BCUT2D eigenvalue weighted by molar-refractivity contribution is 5.30. The molecule has 0 amide bonds. The van der Waals surface area contributed by atoms with Crippen molar-refractivity contribution in [2.75, 3.05) is 0 Å². The first-order valence-corrected chi connectivity index (χ1v) is 5.34. The SMILES string of the molecule is CC(C)OOc1ccc(OOC(C)C)cc1. The van der Waals surface area contributed by atoms with Gasteiger partial charge in [0.2, 0.25) is 0 Å². The van der Waals surface area contributed by atoms with Crippen molar-refractivity contribution in [3.05, 3.63) is 24.3 Å². The van der Waals surface area contributed by atoms with Crippen molar-refractivity contribution in [3.8, 4) is 11.5 Å². The van der Waals surface area contributed by atoms with Crippen molar-refractivity contribution >= 4 is 0 Å². The van der Waals surface area contributed by atoms with Gasteiger partial charge >= 0.3 is 0 Å². The van der Waals surface area contributed by atoms with Crippen LogP contribution in [0.3, 0.4) is 0 Å². The van der Waals surface area contributed by atoms with Crippen molar-refractivity contribution < 1.29 is 19.6 Å². The first-order valence-electron chi connectivity index (χ1n) is 5.34. The molecule has 0 atom stereocenters. The second-order valence-electron chi connectivity index (χ2n) is 3.93. The van der Waals surface area contributed by atoms with E-state index < -0.39 is 0 Å². The third kappa shape index (κ3) is 5.00. The standard InChI is InChI=1S/C12H18O4/c1-9(2)13-15-11-5-7-12(8-6-11)16-14-10(3)4/h5-10H,1-4H3. The highest BCUT2D eigenvalue weighted by Crippen LogP contribution is 2.18. The molecule has 1 aromatic carbocycles. The number of hydrogen-bond donors (Lipinski definition) is 0. The van der Waals surface area contributed by atoms with Crippen LogP contribution in [-0.2, 0) is 9.78 Å². The molecule has 0 aromatic heterocycles. The molecule has 0 spiro atoms. The normalized spacial score (nSPS) is 10.9.